The van der Waals surface area contributed by atoms with Crippen molar-refractivity contribution in [2.24, 2.45) is 0 Å². The van der Waals surface area contributed by atoms with Crippen LogP contribution in [0.25, 0.3) is 0 Å². The summed E-state index contributed by atoms with van der Waals surface area (Å²) in [5, 5.41) is 3.49. The number of piperidine rings is 1. The number of nitrogens with zero attached hydrogens (tertiary/aromatic N) is 1. The number of benzene rings is 1. The predicted molar refractivity (Wildman–Crippen MR) is 97.7 cm³/mol. The number of hydrogen-bond acceptors (Lipinski definition) is 5. The van der Waals surface area contributed by atoms with E-state index in [2.05, 4.69) is 10.0 Å². The molecule has 0 saturated carbocycles. The maximum atomic E-state index is 12.8. The number of sulfonamides is 2. The van der Waals surface area contributed by atoms with Gasteiger partial charge in [0.2, 0.25) is 20.0 Å². The van der Waals surface area contributed by atoms with Crippen molar-refractivity contribution in [1.29, 1.82) is 0 Å². The highest BCUT2D eigenvalue weighted by atomic mass is 32.2. The van der Waals surface area contributed by atoms with E-state index in [9.17, 15) is 16.8 Å². The summed E-state index contributed by atoms with van der Waals surface area (Å²) in [6.07, 6.45) is 5.43. The maximum Gasteiger partial charge on any atom is 0.243 e. The van der Waals surface area contributed by atoms with Gasteiger partial charge in [0.1, 0.15) is 0 Å². The first kappa shape index (κ1) is 18.4. The lowest BCUT2D eigenvalue weighted by Crippen LogP contribution is -2.47. The molecule has 0 amide bonds. The van der Waals surface area contributed by atoms with E-state index in [0.717, 1.165) is 38.5 Å². The quantitative estimate of drug-likeness (QED) is 0.771. The Labute approximate surface area is 155 Å². The van der Waals surface area contributed by atoms with Crippen LogP contribution < -0.4 is 10.0 Å². The summed E-state index contributed by atoms with van der Waals surface area (Å²) in [5.41, 5.74) is 0. The number of nitrogens with one attached hydrogen (secondary N) is 2. The van der Waals surface area contributed by atoms with E-state index in [-0.39, 0.29) is 15.8 Å². The summed E-state index contributed by atoms with van der Waals surface area (Å²) in [6.45, 7) is 0.991. The fourth-order valence-electron chi connectivity index (χ4n) is 4.32. The van der Waals surface area contributed by atoms with Gasteiger partial charge in [-0.1, -0.05) is 6.07 Å². The minimum atomic E-state index is -3.75. The van der Waals surface area contributed by atoms with E-state index in [4.69, 9.17) is 0 Å². The largest absolute Gasteiger partial charge is 0.311 e. The van der Waals surface area contributed by atoms with Crippen LogP contribution in [0.3, 0.4) is 0 Å². The normalized spacial score (nSPS) is 29.9. The van der Waals surface area contributed by atoms with Gasteiger partial charge in [0.25, 0.3) is 0 Å². The average Bonchev–Trinajstić information content (AvgIpc) is 3.25. The lowest BCUT2D eigenvalue weighted by molar-refractivity contribution is 0.345. The standard InChI is InChI=1S/C17H25N3O4S2/c21-25(22,19-15-10-13-6-7-14(11-15)18-13)16-4-3-5-17(12-16)26(23,24)20-8-1-2-9-20/h3-5,12-15,18-19H,1-2,6-11H2. The second-order valence-corrected chi connectivity index (χ2v) is 11.2. The van der Waals surface area contributed by atoms with Crippen LogP contribution in [0.1, 0.15) is 38.5 Å². The number of rotatable bonds is 5. The van der Waals surface area contributed by atoms with Gasteiger partial charge in [-0.3, -0.25) is 0 Å². The molecule has 3 saturated heterocycles. The van der Waals surface area contributed by atoms with Crippen molar-refractivity contribution >= 4 is 20.0 Å². The smallest absolute Gasteiger partial charge is 0.243 e. The van der Waals surface area contributed by atoms with E-state index in [1.807, 2.05) is 0 Å². The topological polar surface area (TPSA) is 95.6 Å². The average molecular weight is 400 g/mol. The van der Waals surface area contributed by atoms with Gasteiger partial charge in [0.15, 0.2) is 0 Å². The Morgan fingerprint density at radius 3 is 2.23 bits per heavy atom. The molecule has 3 fully saturated rings. The third-order valence-electron chi connectivity index (χ3n) is 5.61. The Morgan fingerprint density at radius 2 is 1.58 bits per heavy atom. The van der Waals surface area contributed by atoms with Crippen LogP contribution in [0.2, 0.25) is 0 Å². The van der Waals surface area contributed by atoms with Gasteiger partial charge in [-0.05, 0) is 56.7 Å². The fourth-order valence-corrected chi connectivity index (χ4v) is 7.27. The molecule has 0 spiro atoms. The third kappa shape index (κ3) is 3.55. The van der Waals surface area contributed by atoms with E-state index in [0.29, 0.717) is 25.2 Å². The Bertz CT molecular complexity index is 867. The van der Waals surface area contributed by atoms with Crippen molar-refractivity contribution < 1.29 is 16.8 Å². The summed E-state index contributed by atoms with van der Waals surface area (Å²) in [7, 11) is -7.38. The molecule has 0 aromatic heterocycles. The molecular formula is C17H25N3O4S2. The molecule has 4 rings (SSSR count). The minimum Gasteiger partial charge on any atom is -0.311 e. The SMILES string of the molecule is O=S(=O)(NC1CC2CCC(C1)N2)c1cccc(S(=O)(=O)N2CCCC2)c1. The molecule has 2 bridgehead atoms. The summed E-state index contributed by atoms with van der Waals surface area (Å²) in [6, 6.07) is 6.37. The molecule has 3 aliphatic rings. The van der Waals surface area contributed by atoms with Gasteiger partial charge in [0, 0.05) is 31.2 Å². The molecule has 26 heavy (non-hydrogen) atoms. The van der Waals surface area contributed by atoms with Crippen molar-refractivity contribution in [3.8, 4) is 0 Å². The van der Waals surface area contributed by atoms with Crippen LogP contribution in [0.15, 0.2) is 34.1 Å². The van der Waals surface area contributed by atoms with Gasteiger partial charge in [-0.15, -0.1) is 0 Å². The Balaban J connectivity index is 1.55. The zero-order valence-corrected chi connectivity index (χ0v) is 16.2. The number of hydrogen-bond donors (Lipinski definition) is 2. The molecule has 144 valence electrons. The Morgan fingerprint density at radius 1 is 0.962 bits per heavy atom. The third-order valence-corrected chi connectivity index (χ3v) is 9.03. The molecule has 0 aliphatic carbocycles. The van der Waals surface area contributed by atoms with Crippen LogP contribution in [0, 0.1) is 0 Å². The molecule has 7 nitrogen and oxygen atoms in total. The lowest BCUT2D eigenvalue weighted by Gasteiger charge is -2.29. The molecule has 3 aliphatic heterocycles. The summed E-state index contributed by atoms with van der Waals surface area (Å²) >= 11 is 0. The monoisotopic (exact) mass is 399 g/mol. The van der Waals surface area contributed by atoms with Crippen molar-refractivity contribution in [3.63, 3.8) is 0 Å². The molecule has 1 aromatic carbocycles. The zero-order valence-electron chi connectivity index (χ0n) is 14.6. The highest BCUT2D eigenvalue weighted by molar-refractivity contribution is 7.90. The number of fused-ring (bicyclic) bond motifs is 2. The minimum absolute atomic E-state index is 0.0173. The van der Waals surface area contributed by atoms with Gasteiger partial charge >= 0.3 is 0 Å². The maximum absolute atomic E-state index is 12.8. The molecule has 2 N–H and O–H groups in total. The van der Waals surface area contributed by atoms with Crippen LogP contribution in [-0.4, -0.2) is 52.4 Å². The summed E-state index contributed by atoms with van der Waals surface area (Å²) in [4.78, 5) is 0.0660. The van der Waals surface area contributed by atoms with Crippen molar-refractivity contribution in [3.05, 3.63) is 24.3 Å². The summed E-state index contributed by atoms with van der Waals surface area (Å²) < 4.78 is 55.2. The zero-order chi connectivity index (χ0) is 18.4. The predicted octanol–water partition coefficient (Wildman–Crippen LogP) is 1.03. The van der Waals surface area contributed by atoms with E-state index >= 15 is 0 Å². The Hall–Kier alpha value is -1.00. The molecule has 2 unspecified atom stereocenters. The van der Waals surface area contributed by atoms with E-state index in [1.54, 1.807) is 0 Å². The summed E-state index contributed by atoms with van der Waals surface area (Å²) in [5.74, 6) is 0. The first-order valence-electron chi connectivity index (χ1n) is 9.23. The highest BCUT2D eigenvalue weighted by Gasteiger charge is 2.35. The highest BCUT2D eigenvalue weighted by Crippen LogP contribution is 2.28. The van der Waals surface area contributed by atoms with Gasteiger partial charge < -0.3 is 5.32 Å². The molecule has 3 heterocycles. The van der Waals surface area contributed by atoms with Crippen LogP contribution >= 0.6 is 0 Å². The van der Waals surface area contributed by atoms with Crippen molar-refractivity contribution in [2.75, 3.05) is 13.1 Å². The van der Waals surface area contributed by atoms with Gasteiger partial charge in [-0.2, -0.15) is 4.31 Å². The van der Waals surface area contributed by atoms with E-state index in [1.165, 1.54) is 28.6 Å². The molecule has 9 heteroatoms. The molecule has 0 radical (unpaired) electrons. The second kappa shape index (κ2) is 6.87. The van der Waals surface area contributed by atoms with Gasteiger partial charge in [0.05, 0.1) is 9.79 Å². The first-order chi connectivity index (χ1) is 12.3. The molecule has 1 aromatic rings. The fraction of sp³-hybridized carbons (Fsp3) is 0.647. The lowest BCUT2D eigenvalue weighted by atomic mass is 10.0. The van der Waals surface area contributed by atoms with Crippen LogP contribution in [0.4, 0.5) is 0 Å². The van der Waals surface area contributed by atoms with Crippen molar-refractivity contribution in [1.82, 2.24) is 14.3 Å². The van der Waals surface area contributed by atoms with E-state index < -0.39 is 20.0 Å². The van der Waals surface area contributed by atoms with Gasteiger partial charge in [-0.25, -0.2) is 21.6 Å². The molecule has 2 atom stereocenters. The van der Waals surface area contributed by atoms with Crippen LogP contribution in [0.5, 0.6) is 0 Å². The molecular weight excluding hydrogens is 374 g/mol. The Kier molecular flexibility index (Phi) is 4.85. The first-order valence-corrected chi connectivity index (χ1v) is 12.2. The van der Waals surface area contributed by atoms with Crippen molar-refractivity contribution in [2.45, 2.75) is 66.4 Å². The van der Waals surface area contributed by atoms with Crippen LogP contribution in [-0.2, 0) is 20.0 Å². The second-order valence-electron chi connectivity index (χ2n) is 7.51.